The molecule has 0 spiro atoms. The van der Waals surface area contributed by atoms with Gasteiger partial charge < -0.3 is 9.84 Å². The molecule has 2 heterocycles. The molecular formula is C17H20N2O3S. The van der Waals surface area contributed by atoms with Crippen molar-refractivity contribution in [2.24, 2.45) is 5.92 Å². The molecule has 0 radical (unpaired) electrons. The Hall–Kier alpha value is -1.92. The van der Waals surface area contributed by atoms with Gasteiger partial charge in [-0.25, -0.2) is 4.98 Å². The van der Waals surface area contributed by atoms with E-state index in [1.807, 2.05) is 30.3 Å². The fourth-order valence-corrected chi connectivity index (χ4v) is 3.41. The zero-order valence-corrected chi connectivity index (χ0v) is 13.7. The lowest BCUT2D eigenvalue weighted by Gasteiger charge is -2.29. The smallest absolute Gasteiger partial charge is 0.306 e. The molecule has 1 aromatic heterocycles. The van der Waals surface area contributed by atoms with Crippen molar-refractivity contribution < 1.29 is 14.6 Å². The number of carboxylic acids is 1. The summed E-state index contributed by atoms with van der Waals surface area (Å²) in [5, 5.41) is 12.1. The third-order valence-corrected chi connectivity index (χ3v) is 4.90. The number of benzene rings is 1. The van der Waals surface area contributed by atoms with Gasteiger partial charge in [-0.15, -0.1) is 11.3 Å². The largest absolute Gasteiger partial charge is 0.486 e. The molecule has 1 aromatic carbocycles. The molecule has 122 valence electrons. The zero-order chi connectivity index (χ0) is 16.1. The van der Waals surface area contributed by atoms with Crippen LogP contribution in [0.4, 0.5) is 0 Å². The van der Waals surface area contributed by atoms with E-state index in [0.717, 1.165) is 48.9 Å². The number of ether oxygens (including phenoxy) is 1. The number of likely N-dealkylation sites (tertiary alicyclic amines) is 1. The third-order valence-electron chi connectivity index (χ3n) is 4.03. The highest BCUT2D eigenvalue weighted by Gasteiger charge is 2.24. The Balaban J connectivity index is 1.47. The van der Waals surface area contributed by atoms with Gasteiger partial charge in [0, 0.05) is 11.9 Å². The summed E-state index contributed by atoms with van der Waals surface area (Å²) in [6.07, 6.45) is 1.45. The van der Waals surface area contributed by atoms with Crippen LogP contribution in [0.15, 0.2) is 35.7 Å². The first-order valence-corrected chi connectivity index (χ1v) is 8.65. The number of carboxylic acid groups (broad SMARTS) is 1. The molecule has 1 aliphatic rings. The second-order valence-electron chi connectivity index (χ2n) is 5.72. The molecule has 5 nitrogen and oxygen atoms in total. The molecule has 1 N–H and O–H groups in total. The molecule has 1 aliphatic heterocycles. The van der Waals surface area contributed by atoms with Crippen molar-refractivity contribution in [1.82, 2.24) is 9.88 Å². The summed E-state index contributed by atoms with van der Waals surface area (Å²) >= 11 is 1.61. The first kappa shape index (κ1) is 16.0. The summed E-state index contributed by atoms with van der Waals surface area (Å²) in [7, 11) is 0. The monoisotopic (exact) mass is 332 g/mol. The van der Waals surface area contributed by atoms with Gasteiger partial charge in [0.15, 0.2) is 0 Å². The molecule has 0 aliphatic carbocycles. The molecular weight excluding hydrogens is 312 g/mol. The van der Waals surface area contributed by atoms with E-state index in [9.17, 15) is 4.79 Å². The molecule has 1 saturated heterocycles. The van der Waals surface area contributed by atoms with Crippen LogP contribution in [0.2, 0.25) is 0 Å². The first-order valence-electron chi connectivity index (χ1n) is 7.77. The number of rotatable bonds is 6. The van der Waals surface area contributed by atoms with E-state index in [0.29, 0.717) is 6.61 Å². The van der Waals surface area contributed by atoms with Gasteiger partial charge in [0.05, 0.1) is 11.6 Å². The van der Waals surface area contributed by atoms with E-state index in [-0.39, 0.29) is 5.92 Å². The number of hydrogen-bond donors (Lipinski definition) is 1. The van der Waals surface area contributed by atoms with Crippen molar-refractivity contribution in [3.63, 3.8) is 0 Å². The zero-order valence-electron chi connectivity index (χ0n) is 12.9. The van der Waals surface area contributed by atoms with E-state index < -0.39 is 5.97 Å². The number of para-hydroxylation sites is 1. The quantitative estimate of drug-likeness (QED) is 0.881. The summed E-state index contributed by atoms with van der Waals surface area (Å²) < 4.78 is 5.70. The number of piperidine rings is 1. The van der Waals surface area contributed by atoms with Crippen LogP contribution in [0.3, 0.4) is 0 Å². The van der Waals surface area contributed by atoms with Crippen molar-refractivity contribution >= 4 is 17.3 Å². The maximum absolute atomic E-state index is 11.0. The molecule has 2 aromatic rings. The molecule has 0 amide bonds. The molecule has 0 atom stereocenters. The topological polar surface area (TPSA) is 62.7 Å². The summed E-state index contributed by atoms with van der Waals surface area (Å²) in [5.74, 6) is -0.00448. The van der Waals surface area contributed by atoms with Gasteiger partial charge in [0.2, 0.25) is 0 Å². The van der Waals surface area contributed by atoms with Crippen LogP contribution in [0.5, 0.6) is 5.75 Å². The average molecular weight is 332 g/mol. The normalized spacial score (nSPS) is 16.3. The second-order valence-corrected chi connectivity index (χ2v) is 6.67. The fourth-order valence-electron chi connectivity index (χ4n) is 2.72. The molecule has 0 unspecified atom stereocenters. The van der Waals surface area contributed by atoms with Crippen molar-refractivity contribution in [2.75, 3.05) is 13.1 Å². The summed E-state index contributed by atoms with van der Waals surface area (Å²) in [5.41, 5.74) is 1.04. The maximum Gasteiger partial charge on any atom is 0.306 e. The third kappa shape index (κ3) is 4.53. The number of thiazole rings is 1. The Morgan fingerprint density at radius 2 is 2.04 bits per heavy atom. The Morgan fingerprint density at radius 3 is 2.74 bits per heavy atom. The highest BCUT2D eigenvalue weighted by molar-refractivity contribution is 7.09. The maximum atomic E-state index is 11.0. The Morgan fingerprint density at radius 1 is 1.30 bits per heavy atom. The van der Waals surface area contributed by atoms with E-state index in [4.69, 9.17) is 9.84 Å². The van der Waals surface area contributed by atoms with Gasteiger partial charge in [-0.1, -0.05) is 18.2 Å². The predicted octanol–water partition coefficient (Wildman–Crippen LogP) is 3.02. The molecule has 0 saturated carbocycles. The van der Waals surface area contributed by atoms with Gasteiger partial charge in [-0.2, -0.15) is 0 Å². The molecule has 6 heteroatoms. The fraction of sp³-hybridized carbons (Fsp3) is 0.412. The van der Waals surface area contributed by atoms with Crippen LogP contribution < -0.4 is 4.74 Å². The number of aromatic nitrogens is 1. The predicted molar refractivity (Wildman–Crippen MR) is 88.5 cm³/mol. The molecule has 23 heavy (non-hydrogen) atoms. The second kappa shape index (κ2) is 7.57. The summed E-state index contributed by atoms with van der Waals surface area (Å²) in [4.78, 5) is 17.9. The number of carbonyl (C=O) groups is 1. The number of hydrogen-bond acceptors (Lipinski definition) is 5. The van der Waals surface area contributed by atoms with E-state index in [2.05, 4.69) is 15.3 Å². The van der Waals surface area contributed by atoms with E-state index >= 15 is 0 Å². The average Bonchev–Trinajstić information content (AvgIpc) is 3.02. The van der Waals surface area contributed by atoms with E-state index in [1.165, 1.54) is 0 Å². The Labute approximate surface area is 139 Å². The number of nitrogens with zero attached hydrogens (tertiary/aromatic N) is 2. The van der Waals surface area contributed by atoms with Crippen LogP contribution in [0, 0.1) is 5.92 Å². The molecule has 1 fully saturated rings. The van der Waals surface area contributed by atoms with Crippen molar-refractivity contribution in [3.05, 3.63) is 46.4 Å². The number of aliphatic carboxylic acids is 1. The van der Waals surface area contributed by atoms with E-state index in [1.54, 1.807) is 11.3 Å². The lowest BCUT2D eigenvalue weighted by atomic mass is 9.97. The lowest BCUT2D eigenvalue weighted by Crippen LogP contribution is -2.35. The SMILES string of the molecule is O=C(O)C1CCN(Cc2csc(COc3ccccc3)n2)CC1. The minimum atomic E-state index is -0.668. The van der Waals surface area contributed by atoms with Gasteiger partial charge in [-0.3, -0.25) is 9.69 Å². The van der Waals surface area contributed by atoms with Crippen molar-refractivity contribution in [1.29, 1.82) is 0 Å². The Bertz CT molecular complexity index is 636. The minimum Gasteiger partial charge on any atom is -0.486 e. The van der Waals surface area contributed by atoms with Crippen LogP contribution >= 0.6 is 11.3 Å². The summed E-state index contributed by atoms with van der Waals surface area (Å²) in [6.45, 7) is 2.92. The molecule has 0 bridgehead atoms. The van der Waals surface area contributed by atoms with Crippen molar-refractivity contribution in [2.45, 2.75) is 26.0 Å². The minimum absolute atomic E-state index is 0.184. The van der Waals surface area contributed by atoms with Gasteiger partial charge in [0.1, 0.15) is 17.4 Å². The Kier molecular flexibility index (Phi) is 5.25. The molecule has 3 rings (SSSR count). The van der Waals surface area contributed by atoms with Gasteiger partial charge >= 0.3 is 5.97 Å². The van der Waals surface area contributed by atoms with Gasteiger partial charge in [0.25, 0.3) is 0 Å². The van der Waals surface area contributed by atoms with Crippen LogP contribution in [-0.4, -0.2) is 34.0 Å². The first-order chi connectivity index (χ1) is 11.2. The van der Waals surface area contributed by atoms with Crippen LogP contribution in [0.25, 0.3) is 0 Å². The lowest BCUT2D eigenvalue weighted by molar-refractivity contribution is -0.143. The van der Waals surface area contributed by atoms with Crippen LogP contribution in [0.1, 0.15) is 23.5 Å². The summed E-state index contributed by atoms with van der Waals surface area (Å²) in [6, 6.07) is 9.72. The van der Waals surface area contributed by atoms with Gasteiger partial charge in [-0.05, 0) is 38.1 Å². The van der Waals surface area contributed by atoms with Crippen molar-refractivity contribution in [3.8, 4) is 5.75 Å². The highest BCUT2D eigenvalue weighted by Crippen LogP contribution is 2.20. The van der Waals surface area contributed by atoms with Crippen LogP contribution in [-0.2, 0) is 17.9 Å². The highest BCUT2D eigenvalue weighted by atomic mass is 32.1. The standard InChI is InChI=1S/C17H20N2O3S/c20-17(21)13-6-8-19(9-7-13)10-14-12-23-16(18-14)11-22-15-4-2-1-3-5-15/h1-5,12-13H,6-11H2,(H,20,21).